The number of fused-ring (bicyclic) bond motifs is 1. The lowest BCUT2D eigenvalue weighted by molar-refractivity contribution is -0.137. The fraction of sp³-hybridized carbons (Fsp3) is 0.304. The number of likely N-dealkylation sites (tertiary alicyclic amines) is 1. The minimum atomic E-state index is -4.58. The van der Waals surface area contributed by atoms with Gasteiger partial charge in [-0.25, -0.2) is 0 Å². The Bertz CT molecular complexity index is 1100. The summed E-state index contributed by atoms with van der Waals surface area (Å²) in [7, 11) is 0. The van der Waals surface area contributed by atoms with Gasteiger partial charge in [0.25, 0.3) is 0 Å². The monoisotopic (exact) mass is 480 g/mol. The number of ether oxygens (including phenoxy) is 2. The Morgan fingerprint density at radius 3 is 2.52 bits per heavy atom. The van der Waals surface area contributed by atoms with Crippen LogP contribution in [0.1, 0.15) is 24.0 Å². The van der Waals surface area contributed by atoms with Gasteiger partial charge in [0.15, 0.2) is 11.5 Å². The number of amides is 2. The molecule has 0 bridgehead atoms. The second-order valence-corrected chi connectivity index (χ2v) is 8.13. The summed E-state index contributed by atoms with van der Waals surface area (Å²) in [5, 5.41) is 2.46. The molecular formula is C23H20ClF3N2O4. The summed E-state index contributed by atoms with van der Waals surface area (Å²) in [6, 6.07) is 8.62. The molecule has 0 unspecified atom stereocenters. The molecule has 4 rings (SSSR count). The Kier molecular flexibility index (Phi) is 6.51. The highest BCUT2D eigenvalue weighted by molar-refractivity contribution is 6.31. The normalized spacial score (nSPS) is 16.3. The van der Waals surface area contributed by atoms with E-state index < -0.39 is 16.8 Å². The van der Waals surface area contributed by atoms with Crippen molar-refractivity contribution in [2.75, 3.05) is 25.2 Å². The van der Waals surface area contributed by atoms with Gasteiger partial charge in [0, 0.05) is 36.8 Å². The number of piperidine rings is 1. The number of carbonyl (C=O) groups excluding carboxylic acids is 2. The van der Waals surface area contributed by atoms with Crippen molar-refractivity contribution >= 4 is 35.2 Å². The zero-order chi connectivity index (χ0) is 23.6. The molecule has 1 fully saturated rings. The molecule has 0 atom stereocenters. The molecule has 2 amide bonds. The van der Waals surface area contributed by atoms with E-state index in [0.29, 0.717) is 43.1 Å². The van der Waals surface area contributed by atoms with Crippen molar-refractivity contribution in [1.29, 1.82) is 0 Å². The zero-order valence-corrected chi connectivity index (χ0v) is 18.1. The fourth-order valence-corrected chi connectivity index (χ4v) is 3.94. The number of nitrogens with zero attached hydrogens (tertiary/aromatic N) is 1. The number of rotatable bonds is 4. The fourth-order valence-electron chi connectivity index (χ4n) is 3.72. The predicted molar refractivity (Wildman–Crippen MR) is 116 cm³/mol. The molecule has 174 valence electrons. The number of hydrogen-bond donors (Lipinski definition) is 1. The van der Waals surface area contributed by atoms with Crippen LogP contribution in [0.2, 0.25) is 5.02 Å². The van der Waals surface area contributed by atoms with Crippen LogP contribution < -0.4 is 14.8 Å². The van der Waals surface area contributed by atoms with Gasteiger partial charge >= 0.3 is 6.18 Å². The number of benzene rings is 2. The summed E-state index contributed by atoms with van der Waals surface area (Å²) >= 11 is 5.62. The third-order valence-corrected chi connectivity index (χ3v) is 5.86. The first kappa shape index (κ1) is 23.0. The molecule has 2 aliphatic rings. The van der Waals surface area contributed by atoms with Crippen LogP contribution >= 0.6 is 11.6 Å². The number of anilines is 1. The second kappa shape index (κ2) is 9.35. The Labute approximate surface area is 192 Å². The maximum atomic E-state index is 13.0. The van der Waals surface area contributed by atoms with Gasteiger partial charge in [-0.05, 0) is 48.7 Å². The first-order valence-electron chi connectivity index (χ1n) is 10.2. The van der Waals surface area contributed by atoms with E-state index in [2.05, 4.69) is 5.32 Å². The number of alkyl halides is 3. The summed E-state index contributed by atoms with van der Waals surface area (Å²) in [6.45, 7) is 0.892. The van der Waals surface area contributed by atoms with E-state index in [1.165, 1.54) is 18.2 Å². The summed E-state index contributed by atoms with van der Waals surface area (Å²) in [6.07, 6.45) is -1.05. The molecule has 0 saturated carbocycles. The number of carbonyl (C=O) groups is 2. The predicted octanol–water partition coefficient (Wildman–Crippen LogP) is 4.98. The van der Waals surface area contributed by atoms with Gasteiger partial charge in [-0.1, -0.05) is 17.7 Å². The maximum absolute atomic E-state index is 13.0. The average molecular weight is 481 g/mol. The first-order chi connectivity index (χ1) is 15.7. The summed E-state index contributed by atoms with van der Waals surface area (Å²) in [4.78, 5) is 26.6. The SMILES string of the molecule is O=C(Nc1ccc2c(c1)OCO2)C1CCN(C(=O)C=Cc2ccc(Cl)c(C(F)(F)F)c2)CC1. The zero-order valence-electron chi connectivity index (χ0n) is 17.3. The van der Waals surface area contributed by atoms with Crippen LogP contribution in [0, 0.1) is 5.92 Å². The third kappa shape index (κ3) is 5.42. The molecule has 0 radical (unpaired) electrons. The lowest BCUT2D eigenvalue weighted by atomic mass is 9.95. The topological polar surface area (TPSA) is 67.9 Å². The van der Waals surface area contributed by atoms with Gasteiger partial charge in [-0.2, -0.15) is 13.2 Å². The van der Waals surface area contributed by atoms with E-state index in [-0.39, 0.29) is 30.1 Å². The van der Waals surface area contributed by atoms with Crippen LogP contribution in [0.5, 0.6) is 11.5 Å². The van der Waals surface area contributed by atoms with Gasteiger partial charge in [0.2, 0.25) is 18.6 Å². The minimum absolute atomic E-state index is 0.141. The average Bonchev–Trinajstić information content (AvgIpc) is 3.25. The molecule has 0 aliphatic carbocycles. The van der Waals surface area contributed by atoms with Gasteiger partial charge in [0.1, 0.15) is 0 Å². The summed E-state index contributed by atoms with van der Waals surface area (Å²) < 4.78 is 49.5. The maximum Gasteiger partial charge on any atom is 0.417 e. The highest BCUT2D eigenvalue weighted by atomic mass is 35.5. The quantitative estimate of drug-likeness (QED) is 0.627. The summed E-state index contributed by atoms with van der Waals surface area (Å²) in [5.74, 6) is 0.476. The molecule has 0 spiro atoms. The van der Waals surface area contributed by atoms with Crippen molar-refractivity contribution in [1.82, 2.24) is 4.90 Å². The lowest BCUT2D eigenvalue weighted by Crippen LogP contribution is -2.40. The second-order valence-electron chi connectivity index (χ2n) is 7.73. The first-order valence-corrected chi connectivity index (χ1v) is 10.6. The molecule has 2 heterocycles. The van der Waals surface area contributed by atoms with Crippen LogP contribution in [0.4, 0.5) is 18.9 Å². The van der Waals surface area contributed by atoms with Crippen molar-refractivity contribution in [3.05, 3.63) is 58.6 Å². The molecule has 6 nitrogen and oxygen atoms in total. The molecule has 1 N–H and O–H groups in total. The van der Waals surface area contributed by atoms with Gasteiger partial charge in [-0.15, -0.1) is 0 Å². The number of halogens is 4. The molecule has 1 saturated heterocycles. The van der Waals surface area contributed by atoms with Crippen molar-refractivity contribution in [3.8, 4) is 11.5 Å². The van der Waals surface area contributed by atoms with E-state index in [9.17, 15) is 22.8 Å². The summed E-state index contributed by atoms with van der Waals surface area (Å²) in [5.41, 5.74) is -0.127. The van der Waals surface area contributed by atoms with Crippen LogP contribution in [0.15, 0.2) is 42.5 Å². The van der Waals surface area contributed by atoms with Crippen LogP contribution in [-0.4, -0.2) is 36.6 Å². The van der Waals surface area contributed by atoms with Crippen LogP contribution in [0.3, 0.4) is 0 Å². The van der Waals surface area contributed by atoms with Crippen LogP contribution in [0.25, 0.3) is 6.08 Å². The van der Waals surface area contributed by atoms with Gasteiger partial charge < -0.3 is 19.7 Å². The molecule has 10 heteroatoms. The molecule has 0 aromatic heterocycles. The van der Waals surface area contributed by atoms with E-state index in [0.717, 1.165) is 12.1 Å². The Morgan fingerprint density at radius 2 is 1.79 bits per heavy atom. The van der Waals surface area contributed by atoms with Crippen molar-refractivity contribution in [3.63, 3.8) is 0 Å². The highest BCUT2D eigenvalue weighted by Gasteiger charge is 2.33. The largest absolute Gasteiger partial charge is 0.454 e. The Balaban J connectivity index is 1.30. The smallest absolute Gasteiger partial charge is 0.417 e. The number of hydrogen-bond acceptors (Lipinski definition) is 4. The Hall–Kier alpha value is -3.20. The molecule has 2 aromatic carbocycles. The lowest BCUT2D eigenvalue weighted by Gasteiger charge is -2.30. The van der Waals surface area contributed by atoms with Crippen molar-refractivity contribution in [2.24, 2.45) is 5.92 Å². The molecule has 33 heavy (non-hydrogen) atoms. The number of nitrogens with one attached hydrogen (secondary N) is 1. The Morgan fingerprint density at radius 1 is 1.06 bits per heavy atom. The highest BCUT2D eigenvalue weighted by Crippen LogP contribution is 2.36. The van der Waals surface area contributed by atoms with Crippen molar-refractivity contribution in [2.45, 2.75) is 19.0 Å². The van der Waals surface area contributed by atoms with Crippen molar-refractivity contribution < 1.29 is 32.2 Å². The molecule has 2 aliphatic heterocycles. The van der Waals surface area contributed by atoms with E-state index in [1.54, 1.807) is 23.1 Å². The standard InChI is InChI=1S/C23H20ClF3N2O4/c24-18-4-1-14(11-17(18)23(25,26)27)2-6-21(30)29-9-7-15(8-10-29)22(31)28-16-3-5-19-20(12-16)33-13-32-19/h1-6,11-12,15H,7-10,13H2,(H,28,31). The molecule has 2 aromatic rings. The van der Waals surface area contributed by atoms with E-state index >= 15 is 0 Å². The van der Waals surface area contributed by atoms with Gasteiger partial charge in [0.05, 0.1) is 10.6 Å². The van der Waals surface area contributed by atoms with E-state index in [1.807, 2.05) is 0 Å². The third-order valence-electron chi connectivity index (χ3n) is 5.53. The van der Waals surface area contributed by atoms with E-state index in [4.69, 9.17) is 21.1 Å². The molecular weight excluding hydrogens is 461 g/mol. The van der Waals surface area contributed by atoms with Gasteiger partial charge in [-0.3, -0.25) is 9.59 Å². The van der Waals surface area contributed by atoms with Crippen LogP contribution in [-0.2, 0) is 15.8 Å². The minimum Gasteiger partial charge on any atom is -0.454 e.